The first kappa shape index (κ1) is 8.28. The lowest BCUT2D eigenvalue weighted by Gasteiger charge is -1.99. The average Bonchev–Trinajstić information content (AvgIpc) is 2.04. The molecule has 60 valence electrons. The Kier molecular flexibility index (Phi) is 2.44. The van der Waals surface area contributed by atoms with Crippen LogP contribution in [0.5, 0.6) is 0 Å². The van der Waals surface area contributed by atoms with Crippen LogP contribution in [-0.2, 0) is 4.79 Å². The van der Waals surface area contributed by atoms with Crippen LogP contribution < -0.4 is 5.32 Å². The first-order chi connectivity index (χ1) is 5.72. The molecule has 0 aliphatic heterocycles. The van der Waals surface area contributed by atoms with E-state index in [1.165, 1.54) is 18.2 Å². The van der Waals surface area contributed by atoms with Gasteiger partial charge in [0.15, 0.2) is 0 Å². The van der Waals surface area contributed by atoms with Crippen molar-refractivity contribution in [2.45, 2.75) is 0 Å². The topological polar surface area (TPSA) is 29.1 Å². The highest BCUT2D eigenvalue weighted by Gasteiger charge is 1.97. The summed E-state index contributed by atoms with van der Waals surface area (Å²) in [6.45, 7) is 0. The summed E-state index contributed by atoms with van der Waals surface area (Å²) in [5.41, 5.74) is 0.359. The molecule has 0 aliphatic carbocycles. The Bertz CT molecular complexity index is 341. The molecule has 0 aromatic heterocycles. The van der Waals surface area contributed by atoms with Crippen molar-refractivity contribution in [1.29, 1.82) is 0 Å². The monoisotopic (exact) mass is 163 g/mol. The van der Waals surface area contributed by atoms with Gasteiger partial charge in [0.05, 0.1) is 0 Å². The highest BCUT2D eigenvalue weighted by Crippen LogP contribution is 2.08. The highest BCUT2D eigenvalue weighted by atomic mass is 19.1. The van der Waals surface area contributed by atoms with Gasteiger partial charge in [-0.2, -0.15) is 0 Å². The zero-order valence-corrected chi connectivity index (χ0v) is 6.17. The number of benzene rings is 1. The first-order valence-electron chi connectivity index (χ1n) is 3.25. The van der Waals surface area contributed by atoms with Crippen LogP contribution in [0.25, 0.3) is 0 Å². The number of anilines is 1. The Morgan fingerprint density at radius 1 is 1.58 bits per heavy atom. The van der Waals surface area contributed by atoms with E-state index in [2.05, 4.69) is 5.32 Å². The van der Waals surface area contributed by atoms with Crippen LogP contribution in [0.3, 0.4) is 0 Å². The summed E-state index contributed by atoms with van der Waals surface area (Å²) in [5, 5.41) is 2.32. The van der Waals surface area contributed by atoms with Gasteiger partial charge in [0.1, 0.15) is 5.82 Å². The van der Waals surface area contributed by atoms with E-state index < -0.39 is 11.7 Å². The predicted octanol–water partition coefficient (Wildman–Crippen LogP) is 1.40. The molecule has 1 amide bonds. The summed E-state index contributed by atoms with van der Waals surface area (Å²) in [6.07, 6.45) is 4.80. The van der Waals surface area contributed by atoms with E-state index in [1.54, 1.807) is 6.07 Å². The number of amides is 1. The van der Waals surface area contributed by atoms with Gasteiger partial charge in [0.2, 0.25) is 0 Å². The number of rotatable bonds is 1. The molecule has 3 heteroatoms. The molecule has 0 aliphatic rings. The molecule has 0 bridgehead atoms. The van der Waals surface area contributed by atoms with Crippen LogP contribution in [0.2, 0.25) is 0 Å². The molecule has 1 aromatic rings. The van der Waals surface area contributed by atoms with Crippen molar-refractivity contribution in [3.63, 3.8) is 0 Å². The fourth-order valence-electron chi connectivity index (χ4n) is 0.733. The lowest BCUT2D eigenvalue weighted by atomic mass is 10.3. The summed E-state index contributed by atoms with van der Waals surface area (Å²) < 4.78 is 12.5. The van der Waals surface area contributed by atoms with Crippen molar-refractivity contribution in [1.82, 2.24) is 0 Å². The van der Waals surface area contributed by atoms with Gasteiger partial charge in [-0.1, -0.05) is 6.07 Å². The summed E-state index contributed by atoms with van der Waals surface area (Å²) in [7, 11) is 0. The number of terminal acetylenes is 1. The average molecular weight is 163 g/mol. The van der Waals surface area contributed by atoms with Gasteiger partial charge in [-0.25, -0.2) is 4.39 Å². The number of hydrogen-bond acceptors (Lipinski definition) is 1. The Morgan fingerprint density at radius 3 is 2.92 bits per heavy atom. The van der Waals surface area contributed by atoms with Crippen LogP contribution in [-0.4, -0.2) is 5.91 Å². The second kappa shape index (κ2) is 3.54. The van der Waals surface area contributed by atoms with Crippen molar-refractivity contribution in [3.8, 4) is 12.3 Å². The minimum absolute atomic E-state index is 0.359. The Morgan fingerprint density at radius 2 is 2.33 bits per heavy atom. The molecule has 0 atom stereocenters. The molecule has 2 nitrogen and oxygen atoms in total. The standard InChI is InChI=1S/C9H6FNO/c1-2-9(12)11-8-5-3-4-7(10)6-8/h1,3-6H,(H,11,12). The van der Waals surface area contributed by atoms with Gasteiger partial charge in [-0.3, -0.25) is 4.79 Å². The third-order valence-corrected chi connectivity index (χ3v) is 1.21. The summed E-state index contributed by atoms with van der Waals surface area (Å²) >= 11 is 0. The van der Waals surface area contributed by atoms with Gasteiger partial charge < -0.3 is 5.32 Å². The van der Waals surface area contributed by atoms with Gasteiger partial charge >= 0.3 is 0 Å². The van der Waals surface area contributed by atoms with E-state index in [-0.39, 0.29) is 0 Å². The lowest BCUT2D eigenvalue weighted by molar-refractivity contribution is -0.111. The molecule has 1 aromatic carbocycles. The fraction of sp³-hybridized carbons (Fsp3) is 0. The van der Waals surface area contributed by atoms with Gasteiger partial charge in [0, 0.05) is 5.69 Å². The van der Waals surface area contributed by atoms with Crippen molar-refractivity contribution in [2.75, 3.05) is 5.32 Å². The second-order valence-corrected chi connectivity index (χ2v) is 2.11. The van der Waals surface area contributed by atoms with E-state index in [0.29, 0.717) is 5.69 Å². The van der Waals surface area contributed by atoms with Crippen LogP contribution in [0, 0.1) is 18.2 Å². The molecule has 1 N–H and O–H groups in total. The van der Waals surface area contributed by atoms with Crippen molar-refractivity contribution in [3.05, 3.63) is 30.1 Å². The molecule has 12 heavy (non-hydrogen) atoms. The molecule has 0 fully saturated rings. The zero-order chi connectivity index (χ0) is 8.97. The number of hydrogen-bond donors (Lipinski definition) is 1. The van der Waals surface area contributed by atoms with Crippen LogP contribution in [0.1, 0.15) is 0 Å². The van der Waals surface area contributed by atoms with Gasteiger partial charge in [-0.15, -0.1) is 6.42 Å². The van der Waals surface area contributed by atoms with Crippen LogP contribution in [0.15, 0.2) is 24.3 Å². The van der Waals surface area contributed by atoms with E-state index in [9.17, 15) is 9.18 Å². The zero-order valence-electron chi connectivity index (χ0n) is 6.17. The molecule has 0 saturated carbocycles. The molecule has 0 heterocycles. The van der Waals surface area contributed by atoms with Gasteiger partial charge in [0.25, 0.3) is 5.91 Å². The maximum atomic E-state index is 12.5. The second-order valence-electron chi connectivity index (χ2n) is 2.11. The molecule has 0 saturated heterocycles. The number of carbonyl (C=O) groups excluding carboxylic acids is 1. The molecular formula is C9H6FNO. The van der Waals surface area contributed by atoms with Gasteiger partial charge in [-0.05, 0) is 24.1 Å². The molecule has 1 rings (SSSR count). The Labute approximate surface area is 69.4 Å². The maximum Gasteiger partial charge on any atom is 0.300 e. The summed E-state index contributed by atoms with van der Waals surface area (Å²) in [5.74, 6) is 0.865. The lowest BCUT2D eigenvalue weighted by Crippen LogP contribution is -2.07. The summed E-state index contributed by atoms with van der Waals surface area (Å²) in [4.78, 5) is 10.6. The van der Waals surface area contributed by atoms with E-state index in [1.807, 2.05) is 5.92 Å². The Balaban J connectivity index is 2.78. The normalized spacial score (nSPS) is 8.67. The van der Waals surface area contributed by atoms with E-state index in [0.717, 1.165) is 0 Å². The minimum atomic E-state index is -0.583. The Hall–Kier alpha value is -1.82. The minimum Gasteiger partial charge on any atom is -0.315 e. The van der Waals surface area contributed by atoms with Crippen LogP contribution in [0.4, 0.5) is 10.1 Å². The quantitative estimate of drug-likeness (QED) is 0.623. The SMILES string of the molecule is C#CC(=O)Nc1cccc(F)c1. The van der Waals surface area contributed by atoms with Crippen molar-refractivity contribution in [2.24, 2.45) is 0 Å². The predicted molar refractivity (Wildman–Crippen MR) is 43.9 cm³/mol. The maximum absolute atomic E-state index is 12.5. The van der Waals surface area contributed by atoms with Crippen LogP contribution >= 0.6 is 0 Å². The molecular weight excluding hydrogens is 157 g/mol. The van der Waals surface area contributed by atoms with Crippen molar-refractivity contribution < 1.29 is 9.18 Å². The number of halogens is 1. The molecule has 0 radical (unpaired) electrons. The molecule has 0 spiro atoms. The highest BCUT2D eigenvalue weighted by molar-refractivity contribution is 6.03. The van der Waals surface area contributed by atoms with E-state index >= 15 is 0 Å². The largest absolute Gasteiger partial charge is 0.315 e. The number of carbonyl (C=O) groups is 1. The first-order valence-corrected chi connectivity index (χ1v) is 3.25. The third kappa shape index (κ3) is 2.10. The van der Waals surface area contributed by atoms with E-state index in [4.69, 9.17) is 6.42 Å². The van der Waals surface area contributed by atoms with Crippen molar-refractivity contribution >= 4 is 11.6 Å². The third-order valence-electron chi connectivity index (χ3n) is 1.21. The summed E-state index contributed by atoms with van der Waals surface area (Å²) in [6, 6.07) is 5.51. The fourth-order valence-corrected chi connectivity index (χ4v) is 0.733. The smallest absolute Gasteiger partial charge is 0.300 e. The number of nitrogens with one attached hydrogen (secondary N) is 1. The molecule has 0 unspecified atom stereocenters.